The van der Waals surface area contributed by atoms with E-state index in [4.69, 9.17) is 0 Å². The average Bonchev–Trinajstić information content (AvgIpc) is 2.55. The molecule has 2 aromatic rings. The normalized spacial score (nSPS) is 10.3. The van der Waals surface area contributed by atoms with Gasteiger partial charge in [0, 0.05) is 7.05 Å². The number of nitrogens with one attached hydrogen (secondary N) is 1. The van der Waals surface area contributed by atoms with Crippen molar-refractivity contribution >= 4 is 0 Å². The van der Waals surface area contributed by atoms with E-state index in [1.54, 1.807) is 17.2 Å². The van der Waals surface area contributed by atoms with Crippen LogP contribution in [0.4, 0.5) is 0 Å². The van der Waals surface area contributed by atoms with E-state index in [-0.39, 0.29) is 0 Å². The molecule has 1 N–H and O–H groups in total. The predicted molar refractivity (Wildman–Crippen MR) is 38.6 cm³/mol. The SMILES string of the molecule is Cn1cc(-c2cnc[nH]2)nn1. The average molecular weight is 149 g/mol. The zero-order valence-electron chi connectivity index (χ0n) is 6.02. The lowest BCUT2D eigenvalue weighted by Gasteiger charge is -1.83. The fraction of sp³-hybridized carbons (Fsp3) is 0.167. The lowest BCUT2D eigenvalue weighted by molar-refractivity contribution is 0.715. The van der Waals surface area contributed by atoms with Crippen molar-refractivity contribution in [2.24, 2.45) is 7.05 Å². The summed E-state index contributed by atoms with van der Waals surface area (Å²) in [6, 6.07) is 0. The molecule has 0 aliphatic rings. The van der Waals surface area contributed by atoms with Crippen molar-refractivity contribution in [1.29, 1.82) is 0 Å². The zero-order chi connectivity index (χ0) is 7.68. The highest BCUT2D eigenvalue weighted by molar-refractivity contribution is 5.50. The summed E-state index contributed by atoms with van der Waals surface area (Å²) in [5.41, 5.74) is 1.70. The number of nitrogens with zero attached hydrogens (tertiary/aromatic N) is 4. The zero-order valence-corrected chi connectivity index (χ0v) is 6.02. The van der Waals surface area contributed by atoms with Crippen LogP contribution in [0, 0.1) is 0 Å². The van der Waals surface area contributed by atoms with E-state index in [9.17, 15) is 0 Å². The lowest BCUT2D eigenvalue weighted by atomic mass is 10.4. The minimum Gasteiger partial charge on any atom is -0.343 e. The van der Waals surface area contributed by atoms with E-state index in [2.05, 4.69) is 20.3 Å². The third-order valence-corrected chi connectivity index (χ3v) is 1.38. The van der Waals surface area contributed by atoms with Crippen LogP contribution in [-0.2, 0) is 7.05 Å². The van der Waals surface area contributed by atoms with Gasteiger partial charge in [0.2, 0.25) is 0 Å². The van der Waals surface area contributed by atoms with Crippen molar-refractivity contribution in [3.63, 3.8) is 0 Å². The molecule has 5 nitrogen and oxygen atoms in total. The molecule has 0 saturated heterocycles. The van der Waals surface area contributed by atoms with Crippen LogP contribution < -0.4 is 0 Å². The molecule has 0 atom stereocenters. The summed E-state index contributed by atoms with van der Waals surface area (Å²) in [6.45, 7) is 0. The van der Waals surface area contributed by atoms with Gasteiger partial charge in [0.05, 0.1) is 24.4 Å². The number of aromatic nitrogens is 5. The van der Waals surface area contributed by atoms with Gasteiger partial charge in [-0.15, -0.1) is 5.10 Å². The first-order valence-electron chi connectivity index (χ1n) is 3.21. The Morgan fingerprint density at radius 2 is 2.45 bits per heavy atom. The first kappa shape index (κ1) is 6.09. The Balaban J connectivity index is 2.45. The number of imidazole rings is 1. The highest BCUT2D eigenvalue weighted by Crippen LogP contribution is 2.09. The van der Waals surface area contributed by atoms with Gasteiger partial charge in [0.25, 0.3) is 0 Å². The molecule has 5 heteroatoms. The van der Waals surface area contributed by atoms with Crippen molar-refractivity contribution in [2.45, 2.75) is 0 Å². The van der Waals surface area contributed by atoms with E-state index < -0.39 is 0 Å². The number of hydrogen-bond acceptors (Lipinski definition) is 3. The molecule has 0 aliphatic heterocycles. The first-order valence-corrected chi connectivity index (χ1v) is 3.21. The quantitative estimate of drug-likeness (QED) is 0.630. The molecule has 56 valence electrons. The second kappa shape index (κ2) is 2.19. The summed E-state index contributed by atoms with van der Waals surface area (Å²) in [4.78, 5) is 6.82. The van der Waals surface area contributed by atoms with Crippen LogP contribution in [0.5, 0.6) is 0 Å². The highest BCUT2D eigenvalue weighted by atomic mass is 15.4. The van der Waals surface area contributed by atoms with Crippen molar-refractivity contribution in [1.82, 2.24) is 25.0 Å². The molecule has 0 unspecified atom stereocenters. The molecule has 0 spiro atoms. The molecule has 0 radical (unpaired) electrons. The van der Waals surface area contributed by atoms with Gasteiger partial charge < -0.3 is 4.98 Å². The van der Waals surface area contributed by atoms with Gasteiger partial charge >= 0.3 is 0 Å². The molecular formula is C6H7N5. The van der Waals surface area contributed by atoms with E-state index >= 15 is 0 Å². The topological polar surface area (TPSA) is 59.4 Å². The minimum atomic E-state index is 0.810. The van der Waals surface area contributed by atoms with Crippen LogP contribution in [-0.4, -0.2) is 25.0 Å². The standard InChI is InChI=1S/C6H7N5/c1-11-3-6(9-10-11)5-2-7-4-8-5/h2-4H,1H3,(H,7,8). The molecule has 2 aromatic heterocycles. The summed E-state index contributed by atoms with van der Waals surface area (Å²) in [5, 5.41) is 7.69. The van der Waals surface area contributed by atoms with E-state index in [0.29, 0.717) is 0 Å². The first-order chi connectivity index (χ1) is 5.36. The van der Waals surface area contributed by atoms with Gasteiger partial charge in [-0.1, -0.05) is 5.21 Å². The third-order valence-electron chi connectivity index (χ3n) is 1.38. The second-order valence-corrected chi connectivity index (χ2v) is 2.24. The Morgan fingerprint density at radius 3 is 3.00 bits per heavy atom. The summed E-state index contributed by atoms with van der Waals surface area (Å²) in [6.07, 6.45) is 5.15. The van der Waals surface area contributed by atoms with Crippen LogP contribution >= 0.6 is 0 Å². The molecule has 0 bridgehead atoms. The van der Waals surface area contributed by atoms with Crippen molar-refractivity contribution < 1.29 is 0 Å². The Morgan fingerprint density at radius 1 is 1.55 bits per heavy atom. The Hall–Kier alpha value is -1.65. The van der Waals surface area contributed by atoms with Crippen molar-refractivity contribution in [2.75, 3.05) is 0 Å². The summed E-state index contributed by atoms with van der Waals surface area (Å²) >= 11 is 0. The predicted octanol–water partition coefficient (Wildman–Crippen LogP) is 0.205. The monoisotopic (exact) mass is 149 g/mol. The van der Waals surface area contributed by atoms with E-state index in [0.717, 1.165) is 11.4 Å². The maximum Gasteiger partial charge on any atom is 0.130 e. The number of H-pyrrole nitrogens is 1. The largest absolute Gasteiger partial charge is 0.343 e. The maximum atomic E-state index is 3.90. The second-order valence-electron chi connectivity index (χ2n) is 2.24. The third kappa shape index (κ3) is 1.000. The van der Waals surface area contributed by atoms with Crippen LogP contribution in [0.2, 0.25) is 0 Å². The molecular weight excluding hydrogens is 142 g/mol. The molecule has 0 aliphatic carbocycles. The molecule has 0 saturated carbocycles. The van der Waals surface area contributed by atoms with Gasteiger partial charge in [-0.2, -0.15) is 0 Å². The molecule has 11 heavy (non-hydrogen) atoms. The molecule has 0 amide bonds. The smallest absolute Gasteiger partial charge is 0.130 e. The Bertz CT molecular complexity index is 333. The molecule has 2 rings (SSSR count). The summed E-state index contributed by atoms with van der Waals surface area (Å²) in [7, 11) is 1.83. The highest BCUT2D eigenvalue weighted by Gasteiger charge is 2.01. The number of rotatable bonds is 1. The van der Waals surface area contributed by atoms with Crippen molar-refractivity contribution in [3.05, 3.63) is 18.7 Å². The number of aryl methyl sites for hydroxylation is 1. The van der Waals surface area contributed by atoms with Crippen LogP contribution in [0.1, 0.15) is 0 Å². The summed E-state index contributed by atoms with van der Waals surface area (Å²) < 4.78 is 1.65. The Kier molecular flexibility index (Phi) is 1.21. The molecule has 0 aromatic carbocycles. The fourth-order valence-corrected chi connectivity index (χ4v) is 0.867. The van der Waals surface area contributed by atoms with Gasteiger partial charge in [-0.3, -0.25) is 4.68 Å². The maximum absolute atomic E-state index is 3.90. The van der Waals surface area contributed by atoms with E-state index in [1.807, 2.05) is 13.2 Å². The Labute approximate surface area is 63.1 Å². The number of hydrogen-bond donors (Lipinski definition) is 1. The minimum absolute atomic E-state index is 0.810. The van der Waals surface area contributed by atoms with Gasteiger partial charge in [-0.25, -0.2) is 4.98 Å². The number of aromatic amines is 1. The fourth-order valence-electron chi connectivity index (χ4n) is 0.867. The van der Waals surface area contributed by atoms with E-state index in [1.165, 1.54) is 0 Å². The van der Waals surface area contributed by atoms with Gasteiger partial charge in [-0.05, 0) is 0 Å². The van der Waals surface area contributed by atoms with Crippen LogP contribution in [0.15, 0.2) is 18.7 Å². The van der Waals surface area contributed by atoms with Crippen molar-refractivity contribution in [3.8, 4) is 11.4 Å². The van der Waals surface area contributed by atoms with Crippen LogP contribution in [0.25, 0.3) is 11.4 Å². The molecule has 0 fully saturated rings. The lowest BCUT2D eigenvalue weighted by Crippen LogP contribution is -1.85. The van der Waals surface area contributed by atoms with Crippen LogP contribution in [0.3, 0.4) is 0 Å². The van der Waals surface area contributed by atoms with Gasteiger partial charge in [0.1, 0.15) is 5.69 Å². The molecule has 2 heterocycles. The van der Waals surface area contributed by atoms with Gasteiger partial charge in [0.15, 0.2) is 0 Å². The summed E-state index contributed by atoms with van der Waals surface area (Å²) in [5.74, 6) is 0.